The van der Waals surface area contributed by atoms with Crippen molar-refractivity contribution in [3.63, 3.8) is 0 Å². The van der Waals surface area contributed by atoms with Gasteiger partial charge in [0.2, 0.25) is 0 Å². The van der Waals surface area contributed by atoms with Crippen LogP contribution in [0, 0.1) is 0 Å². The van der Waals surface area contributed by atoms with E-state index in [1.54, 1.807) is 24.5 Å². The molecule has 1 atom stereocenters. The molecule has 0 aliphatic carbocycles. The van der Waals surface area contributed by atoms with Crippen LogP contribution in [0.4, 0.5) is 0 Å². The fourth-order valence-electron chi connectivity index (χ4n) is 1.92. The summed E-state index contributed by atoms with van der Waals surface area (Å²) in [6, 6.07) is 11.1. The van der Waals surface area contributed by atoms with Crippen LogP contribution in [0.2, 0.25) is 0 Å². The van der Waals surface area contributed by atoms with E-state index in [0.29, 0.717) is 12.1 Å². The van der Waals surface area contributed by atoms with Crippen LogP contribution in [0.5, 0.6) is 0 Å². The Balaban J connectivity index is 2.05. The zero-order valence-electron chi connectivity index (χ0n) is 10.7. The van der Waals surface area contributed by atoms with Crippen molar-refractivity contribution in [1.82, 2.24) is 10.3 Å². The van der Waals surface area contributed by atoms with E-state index < -0.39 is 5.97 Å². The van der Waals surface area contributed by atoms with Crippen molar-refractivity contribution in [2.24, 2.45) is 0 Å². The topological polar surface area (TPSA) is 62.2 Å². The number of carbonyl (C=O) groups is 1. The Kier molecular flexibility index (Phi) is 4.26. The van der Waals surface area contributed by atoms with Crippen molar-refractivity contribution in [3.05, 3.63) is 65.5 Å². The first-order valence-electron chi connectivity index (χ1n) is 6.13. The molecule has 2 rings (SSSR count). The zero-order chi connectivity index (χ0) is 13.7. The van der Waals surface area contributed by atoms with Gasteiger partial charge in [-0.05, 0) is 36.2 Å². The van der Waals surface area contributed by atoms with E-state index in [1.807, 2.05) is 31.2 Å². The maximum atomic E-state index is 11.1. The first-order valence-corrected chi connectivity index (χ1v) is 6.13. The Morgan fingerprint density at radius 3 is 2.63 bits per heavy atom. The van der Waals surface area contributed by atoms with Gasteiger partial charge in [0, 0.05) is 25.0 Å². The molecule has 4 nitrogen and oxygen atoms in total. The van der Waals surface area contributed by atoms with Crippen molar-refractivity contribution >= 4 is 5.97 Å². The van der Waals surface area contributed by atoms with Crippen molar-refractivity contribution < 1.29 is 9.90 Å². The van der Waals surface area contributed by atoms with Gasteiger partial charge in [-0.25, -0.2) is 4.79 Å². The highest BCUT2D eigenvalue weighted by atomic mass is 16.4. The molecular weight excluding hydrogens is 240 g/mol. The summed E-state index contributed by atoms with van der Waals surface area (Å²) in [5.74, 6) is -0.894. The quantitative estimate of drug-likeness (QED) is 0.863. The molecule has 1 heterocycles. The van der Waals surface area contributed by atoms with Crippen LogP contribution in [0.25, 0.3) is 0 Å². The monoisotopic (exact) mass is 256 g/mol. The van der Waals surface area contributed by atoms with Crippen molar-refractivity contribution in [2.75, 3.05) is 0 Å². The fourth-order valence-corrected chi connectivity index (χ4v) is 1.92. The van der Waals surface area contributed by atoms with Gasteiger partial charge in [0.05, 0.1) is 5.56 Å². The molecule has 0 saturated carbocycles. The molecule has 0 unspecified atom stereocenters. The van der Waals surface area contributed by atoms with Crippen LogP contribution in [0.3, 0.4) is 0 Å². The molecule has 0 saturated heterocycles. The molecule has 0 radical (unpaired) electrons. The van der Waals surface area contributed by atoms with E-state index in [-0.39, 0.29) is 6.04 Å². The molecule has 4 heteroatoms. The minimum absolute atomic E-state index is 0.143. The molecule has 2 N–H and O–H groups in total. The third-order valence-corrected chi connectivity index (χ3v) is 3.05. The second kappa shape index (κ2) is 6.11. The number of rotatable bonds is 5. The van der Waals surface area contributed by atoms with Gasteiger partial charge in [0.25, 0.3) is 0 Å². The van der Waals surface area contributed by atoms with Crippen LogP contribution in [0.15, 0.2) is 48.8 Å². The maximum absolute atomic E-state index is 11.1. The highest BCUT2D eigenvalue weighted by Crippen LogP contribution is 2.13. The number of nitrogens with one attached hydrogen (secondary N) is 1. The van der Waals surface area contributed by atoms with E-state index in [2.05, 4.69) is 10.3 Å². The standard InChI is InChI=1S/C15H16N2O2/c1-11(12-6-8-16-9-7-12)17-10-13-4-2-3-5-14(13)15(18)19/h2-9,11,17H,10H2,1H3,(H,18,19)/t11-/m1/s1. The van der Waals surface area contributed by atoms with Crippen LogP contribution in [0.1, 0.15) is 34.5 Å². The molecule has 0 bridgehead atoms. The second-order valence-corrected chi connectivity index (χ2v) is 4.35. The van der Waals surface area contributed by atoms with Gasteiger partial charge in [-0.2, -0.15) is 0 Å². The Bertz CT molecular complexity index is 555. The number of benzene rings is 1. The number of carboxylic acids is 1. The Hall–Kier alpha value is -2.20. The molecule has 0 aliphatic heterocycles. The van der Waals surface area contributed by atoms with Crippen LogP contribution < -0.4 is 5.32 Å². The van der Waals surface area contributed by atoms with E-state index in [9.17, 15) is 4.79 Å². The molecule has 0 spiro atoms. The molecular formula is C15H16N2O2. The van der Waals surface area contributed by atoms with E-state index in [0.717, 1.165) is 11.1 Å². The SMILES string of the molecule is C[C@@H](NCc1ccccc1C(=O)O)c1ccncc1. The summed E-state index contributed by atoms with van der Waals surface area (Å²) in [6.45, 7) is 2.56. The van der Waals surface area contributed by atoms with Gasteiger partial charge in [0.15, 0.2) is 0 Å². The predicted octanol–water partition coefficient (Wildman–Crippen LogP) is 2.63. The van der Waals surface area contributed by atoms with E-state index >= 15 is 0 Å². The number of aromatic nitrogens is 1. The minimum atomic E-state index is -0.894. The smallest absolute Gasteiger partial charge is 0.336 e. The molecule has 2 aromatic rings. The largest absolute Gasteiger partial charge is 0.478 e. The average Bonchev–Trinajstić information content (AvgIpc) is 2.46. The highest BCUT2D eigenvalue weighted by molar-refractivity contribution is 5.89. The zero-order valence-corrected chi connectivity index (χ0v) is 10.7. The number of hydrogen-bond donors (Lipinski definition) is 2. The molecule has 0 aliphatic rings. The lowest BCUT2D eigenvalue weighted by atomic mass is 10.1. The normalized spacial score (nSPS) is 12.1. The number of hydrogen-bond acceptors (Lipinski definition) is 3. The average molecular weight is 256 g/mol. The Morgan fingerprint density at radius 2 is 1.95 bits per heavy atom. The van der Waals surface area contributed by atoms with Crippen molar-refractivity contribution in [2.45, 2.75) is 19.5 Å². The fraction of sp³-hybridized carbons (Fsp3) is 0.200. The lowest BCUT2D eigenvalue weighted by Gasteiger charge is -2.15. The van der Waals surface area contributed by atoms with Crippen LogP contribution in [-0.2, 0) is 6.54 Å². The highest BCUT2D eigenvalue weighted by Gasteiger charge is 2.10. The molecule has 98 valence electrons. The van der Waals surface area contributed by atoms with Crippen molar-refractivity contribution in [1.29, 1.82) is 0 Å². The van der Waals surface area contributed by atoms with Crippen molar-refractivity contribution in [3.8, 4) is 0 Å². The summed E-state index contributed by atoms with van der Waals surface area (Å²) in [5.41, 5.74) is 2.26. The van der Waals surface area contributed by atoms with E-state index in [4.69, 9.17) is 5.11 Å². The Morgan fingerprint density at radius 1 is 1.26 bits per heavy atom. The number of carboxylic acid groups (broad SMARTS) is 1. The molecule has 1 aromatic carbocycles. The molecule has 19 heavy (non-hydrogen) atoms. The van der Waals surface area contributed by atoms with Gasteiger partial charge in [0.1, 0.15) is 0 Å². The molecule has 1 aromatic heterocycles. The molecule has 0 amide bonds. The predicted molar refractivity (Wildman–Crippen MR) is 72.9 cm³/mol. The van der Waals surface area contributed by atoms with Gasteiger partial charge < -0.3 is 10.4 Å². The summed E-state index contributed by atoms with van der Waals surface area (Å²) < 4.78 is 0. The summed E-state index contributed by atoms with van der Waals surface area (Å²) in [4.78, 5) is 15.1. The van der Waals surface area contributed by atoms with Crippen LogP contribution >= 0.6 is 0 Å². The van der Waals surface area contributed by atoms with E-state index in [1.165, 1.54) is 0 Å². The van der Waals surface area contributed by atoms with Gasteiger partial charge >= 0.3 is 5.97 Å². The lowest BCUT2D eigenvalue weighted by molar-refractivity contribution is 0.0695. The lowest BCUT2D eigenvalue weighted by Crippen LogP contribution is -2.19. The Labute approximate surface area is 112 Å². The summed E-state index contributed by atoms with van der Waals surface area (Å²) >= 11 is 0. The summed E-state index contributed by atoms with van der Waals surface area (Å²) in [6.07, 6.45) is 3.50. The first-order chi connectivity index (χ1) is 9.18. The first kappa shape index (κ1) is 13.2. The maximum Gasteiger partial charge on any atom is 0.336 e. The van der Waals surface area contributed by atoms with Crippen LogP contribution in [-0.4, -0.2) is 16.1 Å². The van der Waals surface area contributed by atoms with Gasteiger partial charge in [-0.3, -0.25) is 4.98 Å². The van der Waals surface area contributed by atoms with Gasteiger partial charge in [-0.1, -0.05) is 18.2 Å². The number of pyridine rings is 1. The van der Waals surface area contributed by atoms with Gasteiger partial charge in [-0.15, -0.1) is 0 Å². The number of aromatic carboxylic acids is 1. The summed E-state index contributed by atoms with van der Waals surface area (Å²) in [7, 11) is 0. The number of nitrogens with zero attached hydrogens (tertiary/aromatic N) is 1. The second-order valence-electron chi connectivity index (χ2n) is 4.35. The molecule has 0 fully saturated rings. The summed E-state index contributed by atoms with van der Waals surface area (Å²) in [5, 5.41) is 12.4. The minimum Gasteiger partial charge on any atom is -0.478 e. The third kappa shape index (κ3) is 3.39. The third-order valence-electron chi connectivity index (χ3n) is 3.05.